The normalized spacial score (nSPS) is 28.3. The predicted octanol–water partition coefficient (Wildman–Crippen LogP) is 0.616. The largest absolute Gasteiger partial charge is 0.492 e. The summed E-state index contributed by atoms with van der Waals surface area (Å²) in [6, 6.07) is 0.505. The number of aromatic nitrogens is 2. The first-order chi connectivity index (χ1) is 8.65. The Kier molecular flexibility index (Phi) is 3.29. The first kappa shape index (κ1) is 12.4. The van der Waals surface area contributed by atoms with Crippen LogP contribution in [0, 0.1) is 3.57 Å². The summed E-state index contributed by atoms with van der Waals surface area (Å²) in [7, 11) is 0. The van der Waals surface area contributed by atoms with Crippen molar-refractivity contribution in [2.45, 2.75) is 25.0 Å². The zero-order valence-electron chi connectivity index (χ0n) is 9.73. The van der Waals surface area contributed by atoms with Crippen LogP contribution in [0.3, 0.4) is 0 Å². The van der Waals surface area contributed by atoms with Gasteiger partial charge < -0.3 is 14.8 Å². The topological polar surface area (TPSA) is 78.5 Å². The molecule has 0 saturated carbocycles. The minimum absolute atomic E-state index is 0.214. The van der Waals surface area contributed by atoms with E-state index in [1.807, 2.05) is 0 Å². The Morgan fingerprint density at radius 2 is 2.39 bits per heavy atom. The zero-order valence-corrected chi connectivity index (χ0v) is 11.9. The smallest absolute Gasteiger partial charge is 0.268 e. The van der Waals surface area contributed by atoms with Gasteiger partial charge in [0.2, 0.25) is 5.88 Å². The van der Waals surface area contributed by atoms with Gasteiger partial charge in [0.15, 0.2) is 0 Å². The molecule has 0 amide bonds. The van der Waals surface area contributed by atoms with Crippen LogP contribution in [0.25, 0.3) is 0 Å². The van der Waals surface area contributed by atoms with Crippen LogP contribution in [-0.2, 0) is 4.74 Å². The van der Waals surface area contributed by atoms with Gasteiger partial charge in [0.05, 0.1) is 6.61 Å². The maximum atomic E-state index is 11.6. The first-order valence-electron chi connectivity index (χ1n) is 5.99. The van der Waals surface area contributed by atoms with Crippen molar-refractivity contribution in [1.82, 2.24) is 14.9 Å². The fraction of sp³-hybridized carbons (Fsp3) is 0.636. The van der Waals surface area contributed by atoms with Gasteiger partial charge in [0, 0.05) is 12.6 Å². The third kappa shape index (κ3) is 2.14. The van der Waals surface area contributed by atoms with E-state index < -0.39 is 0 Å². The van der Waals surface area contributed by atoms with E-state index >= 15 is 0 Å². The molecule has 0 spiro atoms. The highest BCUT2D eigenvalue weighted by molar-refractivity contribution is 14.1. The van der Waals surface area contributed by atoms with Crippen molar-refractivity contribution in [2.75, 3.05) is 19.7 Å². The summed E-state index contributed by atoms with van der Waals surface area (Å²) in [4.78, 5) is 20.7. The van der Waals surface area contributed by atoms with E-state index in [1.54, 1.807) is 22.6 Å². The maximum Gasteiger partial charge on any atom is 0.268 e. The quantitative estimate of drug-likeness (QED) is 0.716. The second-order valence-electron chi connectivity index (χ2n) is 4.70. The molecule has 3 rings (SSSR count). The molecule has 2 N–H and O–H groups in total. The molecule has 2 aliphatic rings. The highest BCUT2D eigenvalue weighted by Gasteiger charge is 2.34. The molecule has 2 atom stereocenters. The molecule has 1 aromatic heterocycles. The molecule has 0 aromatic carbocycles. The SMILES string of the molecule is O=c1[nH]c(C2CN3CCCC3CO2)nc(O)c1I. The average Bonchev–Trinajstić information content (AvgIpc) is 2.82. The van der Waals surface area contributed by atoms with Crippen molar-refractivity contribution < 1.29 is 9.84 Å². The first-order valence-corrected chi connectivity index (χ1v) is 7.07. The van der Waals surface area contributed by atoms with Crippen LogP contribution in [0.4, 0.5) is 0 Å². The minimum Gasteiger partial charge on any atom is -0.492 e. The number of nitrogens with zero attached hydrogens (tertiary/aromatic N) is 2. The number of hydrogen-bond acceptors (Lipinski definition) is 5. The van der Waals surface area contributed by atoms with Crippen molar-refractivity contribution in [3.8, 4) is 5.88 Å². The van der Waals surface area contributed by atoms with Crippen LogP contribution in [0.2, 0.25) is 0 Å². The molecule has 2 saturated heterocycles. The number of aromatic hydroxyl groups is 1. The van der Waals surface area contributed by atoms with Crippen molar-refractivity contribution in [2.24, 2.45) is 0 Å². The molecular formula is C11H14IN3O3. The molecule has 0 radical (unpaired) electrons. The van der Waals surface area contributed by atoms with E-state index in [2.05, 4.69) is 14.9 Å². The number of H-pyrrole nitrogens is 1. The molecule has 98 valence electrons. The van der Waals surface area contributed by atoms with Crippen LogP contribution in [-0.4, -0.2) is 45.7 Å². The Balaban J connectivity index is 1.85. The number of nitrogens with one attached hydrogen (secondary N) is 1. The van der Waals surface area contributed by atoms with Crippen molar-refractivity contribution >= 4 is 22.6 Å². The van der Waals surface area contributed by atoms with Gasteiger partial charge in [-0.3, -0.25) is 9.69 Å². The van der Waals surface area contributed by atoms with Crippen LogP contribution < -0.4 is 5.56 Å². The molecule has 2 aliphatic heterocycles. The summed E-state index contributed by atoms with van der Waals surface area (Å²) in [5.74, 6) is 0.199. The third-order valence-corrected chi connectivity index (χ3v) is 4.53. The highest BCUT2D eigenvalue weighted by atomic mass is 127. The predicted molar refractivity (Wildman–Crippen MR) is 72.5 cm³/mol. The summed E-state index contributed by atoms with van der Waals surface area (Å²) >= 11 is 1.77. The molecular weight excluding hydrogens is 349 g/mol. The van der Waals surface area contributed by atoms with E-state index in [0.29, 0.717) is 18.5 Å². The molecule has 7 heteroatoms. The lowest BCUT2D eigenvalue weighted by atomic mass is 10.2. The maximum absolute atomic E-state index is 11.6. The lowest BCUT2D eigenvalue weighted by Crippen LogP contribution is -2.43. The number of morpholine rings is 1. The molecule has 0 aliphatic carbocycles. The lowest BCUT2D eigenvalue weighted by Gasteiger charge is -2.34. The molecule has 1 aromatic rings. The van der Waals surface area contributed by atoms with Crippen molar-refractivity contribution in [1.29, 1.82) is 0 Å². The summed E-state index contributed by atoms with van der Waals surface area (Å²) < 4.78 is 5.95. The van der Waals surface area contributed by atoms with Crippen molar-refractivity contribution in [3.05, 3.63) is 19.7 Å². The van der Waals surface area contributed by atoms with Crippen LogP contribution >= 0.6 is 22.6 Å². The van der Waals surface area contributed by atoms with Gasteiger partial charge >= 0.3 is 0 Å². The lowest BCUT2D eigenvalue weighted by molar-refractivity contribution is -0.0544. The van der Waals surface area contributed by atoms with E-state index in [1.165, 1.54) is 12.8 Å². The second-order valence-corrected chi connectivity index (χ2v) is 5.78. The summed E-state index contributed by atoms with van der Waals surface area (Å²) in [6.07, 6.45) is 2.12. The molecule has 3 heterocycles. The van der Waals surface area contributed by atoms with Crippen LogP contribution in [0.5, 0.6) is 5.88 Å². The molecule has 0 bridgehead atoms. The highest BCUT2D eigenvalue weighted by Crippen LogP contribution is 2.28. The Morgan fingerprint density at radius 1 is 1.56 bits per heavy atom. The van der Waals surface area contributed by atoms with Crippen LogP contribution in [0.15, 0.2) is 4.79 Å². The van der Waals surface area contributed by atoms with E-state index in [0.717, 1.165) is 13.1 Å². The standard InChI is InChI=1S/C11H14IN3O3/c12-8-10(16)13-9(14-11(8)17)7-4-15-3-1-2-6(15)5-18-7/h6-7H,1-5H2,(H2,13,14,16,17). The van der Waals surface area contributed by atoms with E-state index in [9.17, 15) is 9.90 Å². The van der Waals surface area contributed by atoms with Gasteiger partial charge in [-0.15, -0.1) is 0 Å². The fourth-order valence-electron chi connectivity index (χ4n) is 2.60. The van der Waals surface area contributed by atoms with Gasteiger partial charge in [-0.2, -0.15) is 4.98 Å². The number of halogens is 1. The average molecular weight is 363 g/mol. The molecule has 2 unspecified atom stereocenters. The minimum atomic E-state index is -0.315. The van der Waals surface area contributed by atoms with E-state index in [-0.39, 0.29) is 21.1 Å². The van der Waals surface area contributed by atoms with Gasteiger partial charge in [-0.05, 0) is 42.0 Å². The number of rotatable bonds is 1. The Labute approximate surface area is 118 Å². The van der Waals surface area contributed by atoms with Crippen molar-refractivity contribution in [3.63, 3.8) is 0 Å². The van der Waals surface area contributed by atoms with Gasteiger partial charge in [0.25, 0.3) is 5.56 Å². The Hall–Kier alpha value is -0.670. The second kappa shape index (κ2) is 4.78. The van der Waals surface area contributed by atoms with Gasteiger partial charge in [0.1, 0.15) is 15.5 Å². The summed E-state index contributed by atoms with van der Waals surface area (Å²) in [5, 5.41) is 9.59. The Bertz CT molecular complexity index is 519. The van der Waals surface area contributed by atoms with Gasteiger partial charge in [-0.1, -0.05) is 0 Å². The fourth-order valence-corrected chi connectivity index (χ4v) is 2.85. The summed E-state index contributed by atoms with van der Waals surface area (Å²) in [6.45, 7) is 2.47. The zero-order chi connectivity index (χ0) is 12.7. The monoisotopic (exact) mass is 363 g/mol. The number of ether oxygens (including phenoxy) is 1. The molecule has 2 fully saturated rings. The third-order valence-electron chi connectivity index (χ3n) is 3.56. The molecule has 18 heavy (non-hydrogen) atoms. The van der Waals surface area contributed by atoms with E-state index in [4.69, 9.17) is 4.74 Å². The van der Waals surface area contributed by atoms with Crippen LogP contribution in [0.1, 0.15) is 24.8 Å². The number of hydrogen-bond donors (Lipinski definition) is 2. The van der Waals surface area contributed by atoms with Gasteiger partial charge in [-0.25, -0.2) is 0 Å². The number of aromatic amines is 1. The molecule has 6 nitrogen and oxygen atoms in total. The number of fused-ring (bicyclic) bond motifs is 1. The Morgan fingerprint density at radius 3 is 3.17 bits per heavy atom. The summed E-state index contributed by atoms with van der Waals surface area (Å²) in [5.41, 5.74) is -0.315.